The second-order valence-electron chi connectivity index (χ2n) is 6.66. The molecule has 0 unspecified atom stereocenters. The molecule has 2 aromatic carbocycles. The van der Waals surface area contributed by atoms with Gasteiger partial charge in [0.05, 0.1) is 23.9 Å². The molecule has 0 fully saturated rings. The molecule has 0 radical (unpaired) electrons. The van der Waals surface area contributed by atoms with Crippen molar-refractivity contribution in [3.8, 4) is 0 Å². The Kier molecular flexibility index (Phi) is 5.43. The Bertz CT molecular complexity index is 1100. The van der Waals surface area contributed by atoms with Crippen molar-refractivity contribution in [3.63, 3.8) is 0 Å². The van der Waals surface area contributed by atoms with Crippen molar-refractivity contribution in [2.24, 2.45) is 0 Å². The summed E-state index contributed by atoms with van der Waals surface area (Å²) in [6, 6.07) is 14.4. The van der Waals surface area contributed by atoms with Crippen LogP contribution in [0.2, 0.25) is 0 Å². The van der Waals surface area contributed by atoms with E-state index in [0.29, 0.717) is 18.8 Å². The van der Waals surface area contributed by atoms with Gasteiger partial charge in [-0.05, 0) is 36.1 Å². The number of aromatic nitrogens is 4. The predicted octanol–water partition coefficient (Wildman–Crippen LogP) is 3.61. The normalized spacial score (nSPS) is 11.0. The van der Waals surface area contributed by atoms with Crippen molar-refractivity contribution in [1.82, 2.24) is 25.3 Å². The zero-order valence-electron chi connectivity index (χ0n) is 15.6. The molecule has 4 aromatic rings. The van der Waals surface area contributed by atoms with E-state index in [9.17, 15) is 4.79 Å². The molecule has 142 valence electrons. The number of nitrogens with one attached hydrogen (secondary N) is 1. The molecule has 4 rings (SSSR count). The molecule has 1 amide bonds. The zero-order valence-corrected chi connectivity index (χ0v) is 16.4. The Balaban J connectivity index is 1.34. The third-order valence-electron chi connectivity index (χ3n) is 4.69. The highest BCUT2D eigenvalue weighted by Gasteiger charge is 2.11. The fraction of sp³-hybridized carbons (Fsp3) is 0.238. The molecule has 0 aliphatic rings. The van der Waals surface area contributed by atoms with Crippen LogP contribution >= 0.6 is 11.3 Å². The van der Waals surface area contributed by atoms with Gasteiger partial charge in [-0.15, -0.1) is 16.4 Å². The Labute approximate surface area is 167 Å². The Morgan fingerprint density at radius 1 is 1.18 bits per heavy atom. The minimum atomic E-state index is -0.190. The first-order valence-corrected chi connectivity index (χ1v) is 10.1. The molecule has 0 spiro atoms. The molecule has 0 saturated heterocycles. The Morgan fingerprint density at radius 3 is 2.89 bits per heavy atom. The van der Waals surface area contributed by atoms with Crippen molar-refractivity contribution >= 4 is 28.0 Å². The van der Waals surface area contributed by atoms with E-state index in [2.05, 4.69) is 44.9 Å². The van der Waals surface area contributed by atoms with Gasteiger partial charge in [-0.25, -0.2) is 9.67 Å². The Hall–Kier alpha value is -3.06. The number of thiazole rings is 1. The lowest BCUT2D eigenvalue weighted by atomic mass is 10.0. The molecule has 2 aromatic heterocycles. The second kappa shape index (κ2) is 8.31. The number of fused-ring (bicyclic) bond motifs is 1. The fourth-order valence-electron chi connectivity index (χ4n) is 3.19. The molecule has 6 nitrogen and oxygen atoms in total. The van der Waals surface area contributed by atoms with Gasteiger partial charge in [-0.1, -0.05) is 47.7 Å². The largest absolute Gasteiger partial charge is 0.351 e. The van der Waals surface area contributed by atoms with E-state index in [0.717, 1.165) is 24.1 Å². The summed E-state index contributed by atoms with van der Waals surface area (Å²) in [5, 5.41) is 13.4. The van der Waals surface area contributed by atoms with Gasteiger partial charge in [0.15, 0.2) is 5.69 Å². The fourth-order valence-corrected chi connectivity index (χ4v) is 4.02. The number of hydrogen-bond donors (Lipinski definition) is 1. The van der Waals surface area contributed by atoms with Crippen LogP contribution in [0.3, 0.4) is 0 Å². The first-order chi connectivity index (χ1) is 13.7. The summed E-state index contributed by atoms with van der Waals surface area (Å²) in [6.45, 7) is 3.19. The van der Waals surface area contributed by atoms with Crippen LogP contribution in [-0.4, -0.2) is 32.4 Å². The average molecular weight is 392 g/mol. The highest BCUT2D eigenvalue weighted by Crippen LogP contribution is 2.19. The number of rotatable bonds is 7. The SMILES string of the molecule is Cc1ncsc1CCCNC(=O)c1cn(Cc2cccc3ccccc23)nn1. The van der Waals surface area contributed by atoms with E-state index in [4.69, 9.17) is 0 Å². The predicted molar refractivity (Wildman–Crippen MR) is 111 cm³/mol. The lowest BCUT2D eigenvalue weighted by Crippen LogP contribution is -2.25. The van der Waals surface area contributed by atoms with Gasteiger partial charge >= 0.3 is 0 Å². The van der Waals surface area contributed by atoms with E-state index in [1.165, 1.54) is 15.6 Å². The molecule has 0 atom stereocenters. The first kappa shape index (κ1) is 18.3. The third-order valence-corrected chi connectivity index (χ3v) is 5.69. The molecule has 7 heteroatoms. The van der Waals surface area contributed by atoms with Crippen molar-refractivity contribution in [3.05, 3.63) is 76.0 Å². The summed E-state index contributed by atoms with van der Waals surface area (Å²) in [5.74, 6) is -0.190. The number of hydrogen-bond acceptors (Lipinski definition) is 5. The van der Waals surface area contributed by atoms with E-state index in [1.807, 2.05) is 30.6 Å². The van der Waals surface area contributed by atoms with Crippen molar-refractivity contribution in [2.45, 2.75) is 26.3 Å². The minimum absolute atomic E-state index is 0.190. The maximum atomic E-state index is 12.3. The number of carbonyl (C=O) groups excluding carboxylic acids is 1. The summed E-state index contributed by atoms with van der Waals surface area (Å²) < 4.78 is 1.71. The Morgan fingerprint density at radius 2 is 2.04 bits per heavy atom. The van der Waals surface area contributed by atoms with Crippen LogP contribution in [0.5, 0.6) is 0 Å². The van der Waals surface area contributed by atoms with Gasteiger partial charge in [0.2, 0.25) is 0 Å². The van der Waals surface area contributed by atoms with Gasteiger partial charge in [-0.3, -0.25) is 4.79 Å². The van der Waals surface area contributed by atoms with Crippen LogP contribution in [-0.2, 0) is 13.0 Å². The highest BCUT2D eigenvalue weighted by atomic mass is 32.1. The first-order valence-electron chi connectivity index (χ1n) is 9.24. The standard InChI is InChI=1S/C21H21N5OS/c1-15-20(28-14-23-15)10-5-11-22-21(27)19-13-26(25-24-19)12-17-8-4-7-16-6-2-3-9-18(16)17/h2-4,6-9,13-14H,5,10-12H2,1H3,(H,22,27). The molecule has 2 heterocycles. The minimum Gasteiger partial charge on any atom is -0.351 e. The van der Waals surface area contributed by atoms with Gasteiger partial charge in [-0.2, -0.15) is 0 Å². The van der Waals surface area contributed by atoms with E-state index in [-0.39, 0.29) is 5.91 Å². The quantitative estimate of drug-likeness (QED) is 0.489. The van der Waals surface area contributed by atoms with Crippen molar-refractivity contribution in [1.29, 1.82) is 0 Å². The van der Waals surface area contributed by atoms with Crippen molar-refractivity contribution < 1.29 is 4.79 Å². The zero-order chi connectivity index (χ0) is 19.3. The van der Waals surface area contributed by atoms with Gasteiger partial charge in [0, 0.05) is 11.4 Å². The maximum Gasteiger partial charge on any atom is 0.273 e. The monoisotopic (exact) mass is 391 g/mol. The number of nitrogens with zero attached hydrogens (tertiary/aromatic N) is 4. The van der Waals surface area contributed by atoms with Gasteiger partial charge < -0.3 is 5.32 Å². The molecule has 0 aliphatic carbocycles. The molecular weight excluding hydrogens is 370 g/mol. The lowest BCUT2D eigenvalue weighted by molar-refractivity contribution is 0.0948. The summed E-state index contributed by atoms with van der Waals surface area (Å²) in [6.07, 6.45) is 3.49. The van der Waals surface area contributed by atoms with E-state index in [1.54, 1.807) is 22.2 Å². The second-order valence-corrected chi connectivity index (χ2v) is 7.60. The van der Waals surface area contributed by atoms with Crippen LogP contribution in [0.4, 0.5) is 0 Å². The van der Waals surface area contributed by atoms with Gasteiger partial charge in [0.1, 0.15) is 0 Å². The lowest BCUT2D eigenvalue weighted by Gasteiger charge is -2.06. The van der Waals surface area contributed by atoms with Gasteiger partial charge in [0.25, 0.3) is 5.91 Å². The summed E-state index contributed by atoms with van der Waals surface area (Å²) in [5.41, 5.74) is 4.43. The van der Waals surface area contributed by atoms with Crippen LogP contribution in [0.1, 0.15) is 33.0 Å². The highest BCUT2D eigenvalue weighted by molar-refractivity contribution is 7.09. The molecular formula is C21H21N5OS. The third kappa shape index (κ3) is 4.09. The maximum absolute atomic E-state index is 12.3. The number of aryl methyl sites for hydroxylation is 2. The van der Waals surface area contributed by atoms with Crippen LogP contribution in [0, 0.1) is 6.92 Å². The summed E-state index contributed by atoms with van der Waals surface area (Å²) >= 11 is 1.66. The molecule has 0 saturated carbocycles. The molecule has 1 N–H and O–H groups in total. The molecule has 28 heavy (non-hydrogen) atoms. The van der Waals surface area contributed by atoms with Crippen LogP contribution in [0.15, 0.2) is 54.2 Å². The summed E-state index contributed by atoms with van der Waals surface area (Å²) in [4.78, 5) is 17.8. The van der Waals surface area contributed by atoms with Crippen LogP contribution < -0.4 is 5.32 Å². The van der Waals surface area contributed by atoms with Crippen molar-refractivity contribution in [2.75, 3.05) is 6.54 Å². The molecule has 0 aliphatic heterocycles. The topological polar surface area (TPSA) is 72.7 Å². The van der Waals surface area contributed by atoms with E-state index < -0.39 is 0 Å². The summed E-state index contributed by atoms with van der Waals surface area (Å²) in [7, 11) is 0. The number of carbonyl (C=O) groups is 1. The van der Waals surface area contributed by atoms with Crippen LogP contribution in [0.25, 0.3) is 10.8 Å². The van der Waals surface area contributed by atoms with E-state index >= 15 is 0 Å². The number of benzene rings is 2. The smallest absolute Gasteiger partial charge is 0.273 e. The number of amides is 1. The average Bonchev–Trinajstić information content (AvgIpc) is 3.34. The molecule has 0 bridgehead atoms.